The molecule has 0 bridgehead atoms. The van der Waals surface area contributed by atoms with Gasteiger partial charge in [0.1, 0.15) is 11.3 Å². The summed E-state index contributed by atoms with van der Waals surface area (Å²) in [5.41, 5.74) is 1.77. The summed E-state index contributed by atoms with van der Waals surface area (Å²) in [6, 6.07) is 11.8. The maximum absolute atomic E-state index is 12.8. The fourth-order valence-corrected chi connectivity index (χ4v) is 4.34. The minimum atomic E-state index is -0.357. The molecule has 154 valence electrons. The van der Waals surface area contributed by atoms with Crippen LogP contribution in [0.15, 0.2) is 42.6 Å². The van der Waals surface area contributed by atoms with Gasteiger partial charge in [0.25, 0.3) is 0 Å². The molecule has 29 heavy (non-hydrogen) atoms. The summed E-state index contributed by atoms with van der Waals surface area (Å²) in [7, 11) is 0. The Morgan fingerprint density at radius 2 is 1.93 bits per heavy atom. The highest BCUT2D eigenvalue weighted by atomic mass is 35.5. The molecule has 7 heteroatoms. The topological polar surface area (TPSA) is 45.7 Å². The van der Waals surface area contributed by atoms with Crippen LogP contribution in [0.4, 0.5) is 4.79 Å². The largest absolute Gasteiger partial charge is 0.362 e. The van der Waals surface area contributed by atoms with Gasteiger partial charge < -0.3 is 14.5 Å². The van der Waals surface area contributed by atoms with Crippen LogP contribution in [0.25, 0.3) is 0 Å². The van der Waals surface area contributed by atoms with E-state index >= 15 is 0 Å². The molecule has 5 nitrogen and oxygen atoms in total. The van der Waals surface area contributed by atoms with E-state index in [1.54, 1.807) is 6.20 Å². The summed E-state index contributed by atoms with van der Waals surface area (Å²) in [5.74, 6) is 0. The lowest BCUT2D eigenvalue weighted by Gasteiger charge is -2.45. The molecule has 0 radical (unpaired) electrons. The number of aromatic nitrogens is 1. The first-order valence-electron chi connectivity index (χ1n) is 10.1. The summed E-state index contributed by atoms with van der Waals surface area (Å²) >= 11 is 12.4. The monoisotopic (exact) mass is 433 g/mol. The molecule has 2 fully saturated rings. The van der Waals surface area contributed by atoms with Gasteiger partial charge in [-0.3, -0.25) is 0 Å². The Labute approximate surface area is 181 Å². The second-order valence-corrected chi connectivity index (χ2v) is 8.59. The number of piperidine rings is 1. The number of halogens is 2. The van der Waals surface area contributed by atoms with Crippen molar-refractivity contribution in [1.29, 1.82) is 0 Å². The zero-order chi connectivity index (χ0) is 20.4. The van der Waals surface area contributed by atoms with Crippen molar-refractivity contribution >= 4 is 29.2 Å². The van der Waals surface area contributed by atoms with Gasteiger partial charge >= 0.3 is 6.03 Å². The van der Waals surface area contributed by atoms with Crippen LogP contribution in [-0.2, 0) is 4.74 Å². The molecule has 2 saturated heterocycles. The van der Waals surface area contributed by atoms with Crippen molar-refractivity contribution in [3.05, 3.63) is 63.9 Å². The summed E-state index contributed by atoms with van der Waals surface area (Å²) in [6.07, 6.45) is 4.62. The van der Waals surface area contributed by atoms with E-state index in [-0.39, 0.29) is 18.2 Å². The van der Waals surface area contributed by atoms with Gasteiger partial charge in [-0.2, -0.15) is 0 Å². The van der Waals surface area contributed by atoms with Gasteiger partial charge in [0.2, 0.25) is 0 Å². The number of likely N-dealkylation sites (tertiary alicyclic amines) is 2. The molecule has 0 spiro atoms. The van der Waals surface area contributed by atoms with E-state index < -0.39 is 0 Å². The van der Waals surface area contributed by atoms with Gasteiger partial charge in [-0.05, 0) is 49.9 Å². The maximum Gasteiger partial charge on any atom is 0.320 e. The van der Waals surface area contributed by atoms with E-state index in [0.29, 0.717) is 29.3 Å². The Morgan fingerprint density at radius 3 is 2.62 bits per heavy atom. The molecular weight excluding hydrogens is 409 g/mol. The van der Waals surface area contributed by atoms with Gasteiger partial charge in [-0.15, -0.1) is 0 Å². The van der Waals surface area contributed by atoms with Gasteiger partial charge in [-0.25, -0.2) is 9.78 Å². The average molecular weight is 434 g/mol. The second-order valence-electron chi connectivity index (χ2n) is 7.80. The van der Waals surface area contributed by atoms with Crippen molar-refractivity contribution in [2.24, 2.45) is 0 Å². The smallest absolute Gasteiger partial charge is 0.320 e. The van der Waals surface area contributed by atoms with Crippen LogP contribution in [0.1, 0.15) is 43.4 Å². The zero-order valence-corrected chi connectivity index (χ0v) is 17.9. The molecule has 4 rings (SSSR count). The van der Waals surface area contributed by atoms with Crippen LogP contribution in [0.3, 0.4) is 0 Å². The number of benzene rings is 1. The number of hydrogen-bond donors (Lipinski definition) is 0. The highest BCUT2D eigenvalue weighted by molar-refractivity contribution is 6.30. The second kappa shape index (κ2) is 8.90. The van der Waals surface area contributed by atoms with Crippen LogP contribution in [0.2, 0.25) is 10.2 Å². The Balaban J connectivity index is 1.45. The molecule has 2 aromatic rings. The third-order valence-electron chi connectivity index (χ3n) is 5.74. The minimum absolute atomic E-state index is 0.0454. The highest BCUT2D eigenvalue weighted by Gasteiger charge is 2.38. The van der Waals surface area contributed by atoms with Crippen LogP contribution < -0.4 is 0 Å². The average Bonchev–Trinajstić information content (AvgIpc) is 2.69. The van der Waals surface area contributed by atoms with Crippen molar-refractivity contribution < 1.29 is 9.53 Å². The van der Waals surface area contributed by atoms with E-state index in [1.807, 2.05) is 46.2 Å². The van der Waals surface area contributed by atoms with E-state index in [9.17, 15) is 4.79 Å². The van der Waals surface area contributed by atoms with Crippen molar-refractivity contribution in [1.82, 2.24) is 14.8 Å². The lowest BCUT2D eigenvalue weighted by Crippen LogP contribution is -2.60. The van der Waals surface area contributed by atoms with Crippen molar-refractivity contribution in [3.63, 3.8) is 0 Å². The zero-order valence-electron chi connectivity index (χ0n) is 16.4. The lowest BCUT2D eigenvalue weighted by atomic mass is 10.0. The SMILES string of the molecule is CC1CCCCN1C(=O)N1CC(OC(c2ccc(Cl)cc2)c2cccnc2Cl)C1. The number of rotatable bonds is 4. The van der Waals surface area contributed by atoms with Crippen LogP contribution in [0, 0.1) is 0 Å². The third-order valence-corrected chi connectivity index (χ3v) is 6.31. The van der Waals surface area contributed by atoms with Crippen molar-refractivity contribution in [3.8, 4) is 0 Å². The van der Waals surface area contributed by atoms with Gasteiger partial charge in [0.05, 0.1) is 19.2 Å². The van der Waals surface area contributed by atoms with Gasteiger partial charge in [-0.1, -0.05) is 41.4 Å². The molecule has 2 amide bonds. The number of nitrogens with zero attached hydrogens (tertiary/aromatic N) is 3. The van der Waals surface area contributed by atoms with Crippen molar-refractivity contribution in [2.45, 2.75) is 44.4 Å². The molecule has 1 aromatic heterocycles. The number of amides is 2. The first-order valence-corrected chi connectivity index (χ1v) is 10.9. The number of ether oxygens (including phenoxy) is 1. The first kappa shape index (κ1) is 20.5. The number of pyridine rings is 1. The molecule has 2 atom stereocenters. The van der Waals surface area contributed by atoms with Crippen LogP contribution >= 0.6 is 23.2 Å². The first-order chi connectivity index (χ1) is 14.0. The fourth-order valence-electron chi connectivity index (χ4n) is 4.00. The van der Waals surface area contributed by atoms with Crippen molar-refractivity contribution in [2.75, 3.05) is 19.6 Å². The van der Waals surface area contributed by atoms with E-state index in [4.69, 9.17) is 27.9 Å². The Bertz CT molecular complexity index is 855. The molecule has 1 aromatic carbocycles. The molecule has 0 aliphatic carbocycles. The molecule has 2 aliphatic heterocycles. The van der Waals surface area contributed by atoms with E-state index in [0.717, 1.165) is 30.5 Å². The summed E-state index contributed by atoms with van der Waals surface area (Å²) in [5, 5.41) is 1.09. The number of carbonyl (C=O) groups is 1. The molecular formula is C22H25Cl2N3O2. The van der Waals surface area contributed by atoms with Crippen LogP contribution in [0.5, 0.6) is 0 Å². The van der Waals surface area contributed by atoms with E-state index in [2.05, 4.69) is 11.9 Å². The molecule has 0 N–H and O–H groups in total. The predicted octanol–water partition coefficient (Wildman–Crippen LogP) is 5.17. The molecule has 2 unspecified atom stereocenters. The highest BCUT2D eigenvalue weighted by Crippen LogP contribution is 2.34. The maximum atomic E-state index is 12.8. The third kappa shape index (κ3) is 4.52. The van der Waals surface area contributed by atoms with Crippen LogP contribution in [-0.4, -0.2) is 52.6 Å². The Morgan fingerprint density at radius 1 is 1.17 bits per heavy atom. The lowest BCUT2D eigenvalue weighted by molar-refractivity contribution is -0.0705. The summed E-state index contributed by atoms with van der Waals surface area (Å²) in [6.45, 7) is 4.15. The summed E-state index contributed by atoms with van der Waals surface area (Å²) < 4.78 is 6.39. The Kier molecular flexibility index (Phi) is 6.28. The number of urea groups is 1. The number of hydrogen-bond acceptors (Lipinski definition) is 3. The molecule has 2 aliphatic rings. The van der Waals surface area contributed by atoms with Gasteiger partial charge in [0, 0.05) is 29.4 Å². The summed E-state index contributed by atoms with van der Waals surface area (Å²) in [4.78, 5) is 20.9. The quantitative estimate of drug-likeness (QED) is 0.624. The Hall–Kier alpha value is -1.82. The normalized spacial score (nSPS) is 21.0. The minimum Gasteiger partial charge on any atom is -0.362 e. The predicted molar refractivity (Wildman–Crippen MR) is 114 cm³/mol. The standard InChI is InChI=1S/C22H25Cl2N3O2/c1-15-5-2-3-12-27(15)22(28)26-13-18(14-26)29-20(16-7-9-17(23)10-8-16)19-6-4-11-25-21(19)24/h4,6-11,15,18,20H,2-3,5,12-14H2,1H3. The number of carbonyl (C=O) groups excluding carboxylic acids is 1. The fraction of sp³-hybridized carbons (Fsp3) is 0.455. The molecule has 3 heterocycles. The molecule has 0 saturated carbocycles. The van der Waals surface area contributed by atoms with Gasteiger partial charge in [0.15, 0.2) is 0 Å². The van der Waals surface area contributed by atoms with E-state index in [1.165, 1.54) is 6.42 Å².